The van der Waals surface area contributed by atoms with Gasteiger partial charge in [-0.05, 0) is 23.8 Å². The summed E-state index contributed by atoms with van der Waals surface area (Å²) in [6.07, 6.45) is 0. The maximum Gasteiger partial charge on any atom is 3.00 e. The Labute approximate surface area is 131 Å². The molecule has 0 atom stereocenters. The molecule has 0 spiro atoms. The molecule has 3 rings (SSSR count). The molecule has 0 heterocycles. The zero-order valence-electron chi connectivity index (χ0n) is 10.9. The van der Waals surface area contributed by atoms with Crippen molar-refractivity contribution in [1.29, 1.82) is 0 Å². The number of hydrogen-bond donors (Lipinski definition) is 0. The van der Waals surface area contributed by atoms with Crippen LogP contribution in [0, 0.1) is 0 Å². The first-order chi connectivity index (χ1) is 9.45. The smallest absolute Gasteiger partial charge is 0.0622 e. The molecule has 0 unspecified atom stereocenters. The van der Waals surface area contributed by atoms with Gasteiger partial charge in [-0.2, -0.15) is 0 Å². The van der Waals surface area contributed by atoms with Gasteiger partial charge in [-0.25, -0.2) is 0 Å². The number of benzene rings is 3. The minimum absolute atomic E-state index is 0. The van der Waals surface area contributed by atoms with Crippen molar-refractivity contribution in [3.05, 3.63) is 91.0 Å². The van der Waals surface area contributed by atoms with E-state index in [4.69, 9.17) is 0 Å². The molecule has 0 aliphatic rings. The molecule has 0 radical (unpaired) electrons. The van der Waals surface area contributed by atoms with Crippen LogP contribution in [0.3, 0.4) is 0 Å². The molecule has 0 aliphatic heterocycles. The largest absolute Gasteiger partial charge is 3.00 e. The minimum atomic E-state index is -0.446. The average Bonchev–Trinajstić information content (AvgIpc) is 2.51. The molecule has 0 bridgehead atoms. The van der Waals surface area contributed by atoms with Gasteiger partial charge >= 0.3 is 16.8 Å². The standard InChI is InChI=1S/C18H15P.Co/c1-4-10-16(11-5-1)19(17-12-6-2-7-13-17)18-14-8-3-9-15-18;/h1-15H;/q;+3. The predicted octanol–water partition coefficient (Wildman–Crippen LogP) is 3.44. The van der Waals surface area contributed by atoms with Crippen LogP contribution in [0.5, 0.6) is 0 Å². The second kappa shape index (κ2) is 7.40. The summed E-state index contributed by atoms with van der Waals surface area (Å²) in [5, 5.41) is 4.19. The van der Waals surface area contributed by atoms with Gasteiger partial charge in [0.15, 0.2) is 0 Å². The molecule has 0 aliphatic carbocycles. The van der Waals surface area contributed by atoms with Crippen LogP contribution in [-0.2, 0) is 16.8 Å². The zero-order chi connectivity index (χ0) is 12.9. The monoisotopic (exact) mass is 321 g/mol. The van der Waals surface area contributed by atoms with Crippen molar-refractivity contribution in [2.75, 3.05) is 0 Å². The Kier molecular flexibility index (Phi) is 5.55. The van der Waals surface area contributed by atoms with Crippen LogP contribution in [0.1, 0.15) is 0 Å². The summed E-state index contributed by atoms with van der Waals surface area (Å²) in [4.78, 5) is 0. The quantitative estimate of drug-likeness (QED) is 0.648. The SMILES string of the molecule is [Co+3].c1ccc(P(c2ccccc2)c2ccccc2)cc1. The summed E-state index contributed by atoms with van der Waals surface area (Å²) >= 11 is 0. The normalized spacial score (nSPS) is 10.1. The van der Waals surface area contributed by atoms with Crippen LogP contribution in [0.15, 0.2) is 91.0 Å². The second-order valence-electron chi connectivity index (χ2n) is 4.34. The van der Waals surface area contributed by atoms with E-state index in [0.717, 1.165) is 0 Å². The molecule has 0 aromatic heterocycles. The van der Waals surface area contributed by atoms with Gasteiger partial charge in [0, 0.05) is 0 Å². The van der Waals surface area contributed by atoms with E-state index in [2.05, 4.69) is 91.0 Å². The van der Waals surface area contributed by atoms with Crippen molar-refractivity contribution < 1.29 is 16.8 Å². The predicted molar refractivity (Wildman–Crippen MR) is 85.1 cm³/mol. The van der Waals surface area contributed by atoms with E-state index in [1.807, 2.05) is 0 Å². The molecule has 3 aromatic carbocycles. The number of rotatable bonds is 3. The third-order valence-electron chi connectivity index (χ3n) is 3.04. The van der Waals surface area contributed by atoms with Crippen LogP contribution in [0.4, 0.5) is 0 Å². The fourth-order valence-electron chi connectivity index (χ4n) is 2.18. The Morgan fingerprint density at radius 1 is 0.400 bits per heavy atom. The van der Waals surface area contributed by atoms with Gasteiger partial charge in [-0.3, -0.25) is 0 Å². The molecule has 20 heavy (non-hydrogen) atoms. The molecule has 0 nitrogen and oxygen atoms in total. The Hall–Kier alpha value is -1.40. The molecule has 98 valence electrons. The van der Waals surface area contributed by atoms with Crippen molar-refractivity contribution in [2.24, 2.45) is 0 Å². The first kappa shape index (κ1) is 15.0. The Balaban J connectivity index is 0.00000147. The molecular formula is C18H15CoP+3. The third kappa shape index (κ3) is 3.37. The second-order valence-corrected chi connectivity index (χ2v) is 6.56. The van der Waals surface area contributed by atoms with E-state index >= 15 is 0 Å². The van der Waals surface area contributed by atoms with Crippen LogP contribution in [-0.4, -0.2) is 0 Å². The Morgan fingerprint density at radius 2 is 0.650 bits per heavy atom. The average molecular weight is 321 g/mol. The van der Waals surface area contributed by atoms with Crippen molar-refractivity contribution in [1.82, 2.24) is 0 Å². The molecule has 0 amide bonds. The van der Waals surface area contributed by atoms with Gasteiger partial charge in [0.1, 0.15) is 0 Å². The van der Waals surface area contributed by atoms with Crippen molar-refractivity contribution in [3.63, 3.8) is 0 Å². The van der Waals surface area contributed by atoms with Gasteiger partial charge in [-0.1, -0.05) is 91.0 Å². The summed E-state index contributed by atoms with van der Waals surface area (Å²) in [7, 11) is -0.446. The van der Waals surface area contributed by atoms with E-state index in [-0.39, 0.29) is 16.8 Å². The molecule has 2 heteroatoms. The fourth-order valence-corrected chi connectivity index (χ4v) is 4.48. The van der Waals surface area contributed by atoms with Crippen LogP contribution in [0.25, 0.3) is 0 Å². The molecule has 0 saturated heterocycles. The van der Waals surface area contributed by atoms with Crippen LogP contribution >= 0.6 is 7.92 Å². The van der Waals surface area contributed by atoms with Gasteiger partial charge in [0.2, 0.25) is 0 Å². The summed E-state index contributed by atoms with van der Waals surface area (Å²) in [6, 6.07) is 32.3. The summed E-state index contributed by atoms with van der Waals surface area (Å²) in [5.74, 6) is 0. The molecular weight excluding hydrogens is 306 g/mol. The maximum absolute atomic E-state index is 2.23. The van der Waals surface area contributed by atoms with Crippen molar-refractivity contribution in [3.8, 4) is 0 Å². The Bertz CT molecular complexity index is 529. The summed E-state index contributed by atoms with van der Waals surface area (Å²) in [6.45, 7) is 0. The van der Waals surface area contributed by atoms with Crippen molar-refractivity contribution in [2.45, 2.75) is 0 Å². The third-order valence-corrected chi connectivity index (χ3v) is 5.49. The van der Waals surface area contributed by atoms with E-state index < -0.39 is 7.92 Å². The molecule has 0 N–H and O–H groups in total. The van der Waals surface area contributed by atoms with E-state index in [0.29, 0.717) is 0 Å². The molecule has 0 fully saturated rings. The first-order valence-electron chi connectivity index (χ1n) is 6.40. The Morgan fingerprint density at radius 3 is 0.900 bits per heavy atom. The summed E-state index contributed by atoms with van der Waals surface area (Å²) in [5.41, 5.74) is 0. The maximum atomic E-state index is 2.23. The van der Waals surface area contributed by atoms with Crippen LogP contribution in [0.2, 0.25) is 0 Å². The van der Waals surface area contributed by atoms with Gasteiger partial charge in [0.25, 0.3) is 0 Å². The molecule has 0 saturated carbocycles. The van der Waals surface area contributed by atoms with Crippen molar-refractivity contribution >= 4 is 23.8 Å². The minimum Gasteiger partial charge on any atom is -0.0622 e. The van der Waals surface area contributed by atoms with Gasteiger partial charge in [-0.15, -0.1) is 0 Å². The van der Waals surface area contributed by atoms with Crippen LogP contribution < -0.4 is 15.9 Å². The first-order valence-corrected chi connectivity index (χ1v) is 7.74. The topological polar surface area (TPSA) is 0 Å². The molecule has 3 aromatic rings. The van der Waals surface area contributed by atoms with E-state index in [1.54, 1.807) is 0 Å². The van der Waals surface area contributed by atoms with E-state index in [1.165, 1.54) is 15.9 Å². The van der Waals surface area contributed by atoms with Gasteiger partial charge in [0.05, 0.1) is 0 Å². The fraction of sp³-hybridized carbons (Fsp3) is 0. The number of hydrogen-bond acceptors (Lipinski definition) is 0. The van der Waals surface area contributed by atoms with E-state index in [9.17, 15) is 0 Å². The van der Waals surface area contributed by atoms with Gasteiger partial charge < -0.3 is 0 Å². The zero-order valence-corrected chi connectivity index (χ0v) is 12.9. The summed E-state index contributed by atoms with van der Waals surface area (Å²) < 4.78 is 0.